The van der Waals surface area contributed by atoms with Gasteiger partial charge in [-0.15, -0.1) is 0 Å². The molecule has 3 rings (SSSR count). The Morgan fingerprint density at radius 3 is 2.85 bits per heavy atom. The highest BCUT2D eigenvalue weighted by Gasteiger charge is 2.16. The van der Waals surface area contributed by atoms with Crippen LogP contribution in [0.5, 0.6) is 0 Å². The molecule has 2 heterocycles. The van der Waals surface area contributed by atoms with Crippen molar-refractivity contribution in [3.8, 4) is 23.0 Å². The molecule has 0 amide bonds. The summed E-state index contributed by atoms with van der Waals surface area (Å²) in [7, 11) is 0. The van der Waals surface area contributed by atoms with Gasteiger partial charge in [-0.2, -0.15) is 4.98 Å². The lowest BCUT2D eigenvalue weighted by atomic mass is 10.2. The third kappa shape index (κ3) is 2.37. The van der Waals surface area contributed by atoms with E-state index in [4.69, 9.17) is 14.7 Å². The fourth-order valence-corrected chi connectivity index (χ4v) is 2.13. The van der Waals surface area contributed by atoms with E-state index >= 15 is 0 Å². The molecule has 2 aromatic heterocycles. The minimum atomic E-state index is -0.377. The maximum absolute atomic E-state index is 13.3. The number of aromatic nitrogens is 2. The molecule has 0 atom stereocenters. The van der Waals surface area contributed by atoms with Crippen LogP contribution < -0.4 is 5.73 Å². The third-order valence-electron chi connectivity index (χ3n) is 2.67. The van der Waals surface area contributed by atoms with Gasteiger partial charge in [-0.25, -0.2) is 4.39 Å². The second-order valence-corrected chi connectivity index (χ2v) is 4.87. The van der Waals surface area contributed by atoms with Gasteiger partial charge in [-0.1, -0.05) is 21.1 Å². The maximum atomic E-state index is 13.3. The predicted molar refractivity (Wildman–Crippen MR) is 73.0 cm³/mol. The molecule has 7 heteroatoms. The third-order valence-corrected chi connectivity index (χ3v) is 3.36. The topological polar surface area (TPSA) is 78.1 Å². The molecule has 0 unspecified atom stereocenters. The molecule has 0 spiro atoms. The summed E-state index contributed by atoms with van der Waals surface area (Å²) >= 11 is 3.32. The van der Waals surface area contributed by atoms with Gasteiger partial charge in [0.25, 0.3) is 5.89 Å². The van der Waals surface area contributed by atoms with Crippen LogP contribution in [0, 0.1) is 5.82 Å². The average molecular weight is 338 g/mol. The van der Waals surface area contributed by atoms with Gasteiger partial charge in [0.05, 0.1) is 6.54 Å². The van der Waals surface area contributed by atoms with Crippen molar-refractivity contribution in [1.29, 1.82) is 0 Å². The van der Waals surface area contributed by atoms with Crippen molar-refractivity contribution in [1.82, 2.24) is 10.1 Å². The van der Waals surface area contributed by atoms with Crippen LogP contribution in [-0.2, 0) is 6.54 Å². The number of furan rings is 1. The summed E-state index contributed by atoms with van der Waals surface area (Å²) in [6.45, 7) is 0.288. The first-order valence-electron chi connectivity index (χ1n) is 5.75. The zero-order valence-corrected chi connectivity index (χ0v) is 11.7. The van der Waals surface area contributed by atoms with E-state index in [2.05, 4.69) is 26.1 Å². The van der Waals surface area contributed by atoms with Gasteiger partial charge in [-0.05, 0) is 30.3 Å². The molecule has 20 heavy (non-hydrogen) atoms. The average Bonchev–Trinajstić information content (AvgIpc) is 3.09. The van der Waals surface area contributed by atoms with E-state index in [-0.39, 0.29) is 24.1 Å². The van der Waals surface area contributed by atoms with E-state index in [1.165, 1.54) is 12.1 Å². The molecule has 0 aliphatic rings. The molecule has 0 aliphatic carbocycles. The number of nitrogens with two attached hydrogens (primary N) is 1. The molecule has 0 saturated heterocycles. The number of nitrogens with zero attached hydrogens (tertiary/aromatic N) is 2. The number of hydrogen-bond donors (Lipinski definition) is 1. The fourth-order valence-electron chi connectivity index (χ4n) is 1.70. The Bertz CT molecular complexity index is 754. The van der Waals surface area contributed by atoms with E-state index in [0.717, 1.165) is 0 Å². The summed E-state index contributed by atoms with van der Waals surface area (Å²) in [6.07, 6.45) is 0. The van der Waals surface area contributed by atoms with Crippen LogP contribution in [0.2, 0.25) is 0 Å². The Kier molecular flexibility index (Phi) is 3.37. The van der Waals surface area contributed by atoms with Gasteiger partial charge in [0.2, 0.25) is 5.82 Å². The minimum absolute atomic E-state index is 0.218. The van der Waals surface area contributed by atoms with Crippen molar-refractivity contribution in [3.05, 3.63) is 46.4 Å². The van der Waals surface area contributed by atoms with Crippen molar-refractivity contribution in [2.24, 2.45) is 5.73 Å². The molecular formula is C13H9BrFN3O2. The lowest BCUT2D eigenvalue weighted by Crippen LogP contribution is -1.92. The number of rotatable bonds is 3. The second-order valence-electron chi connectivity index (χ2n) is 4.02. The van der Waals surface area contributed by atoms with Gasteiger partial charge in [-0.3, -0.25) is 0 Å². The van der Waals surface area contributed by atoms with Crippen LogP contribution in [0.25, 0.3) is 23.0 Å². The Hall–Kier alpha value is -1.99. The standard InChI is InChI=1S/C13H9BrFN3O2/c14-10-3-1-7(15)5-9(10)12-17-13(20-18-12)11-4-2-8(6-16)19-11/h1-5H,6,16H2. The van der Waals surface area contributed by atoms with Crippen molar-refractivity contribution in [2.45, 2.75) is 6.54 Å². The molecule has 5 nitrogen and oxygen atoms in total. The molecule has 0 aliphatic heterocycles. The van der Waals surface area contributed by atoms with Crippen LogP contribution in [0.1, 0.15) is 5.76 Å². The first-order chi connectivity index (χ1) is 9.67. The molecule has 1 aromatic carbocycles. The zero-order valence-electron chi connectivity index (χ0n) is 10.1. The first-order valence-corrected chi connectivity index (χ1v) is 6.55. The van der Waals surface area contributed by atoms with E-state index in [1.54, 1.807) is 18.2 Å². The number of benzene rings is 1. The summed E-state index contributed by atoms with van der Waals surface area (Å²) in [5, 5.41) is 3.83. The normalized spacial score (nSPS) is 10.9. The molecule has 102 valence electrons. The van der Waals surface area contributed by atoms with E-state index in [9.17, 15) is 4.39 Å². The van der Waals surface area contributed by atoms with Gasteiger partial charge in [0.15, 0.2) is 5.76 Å². The molecule has 0 fully saturated rings. The largest absolute Gasteiger partial charge is 0.455 e. The van der Waals surface area contributed by atoms with Crippen LogP contribution in [0.4, 0.5) is 4.39 Å². The summed E-state index contributed by atoms with van der Waals surface area (Å²) in [5.74, 6) is 1.16. The Morgan fingerprint density at radius 2 is 2.10 bits per heavy atom. The lowest BCUT2D eigenvalue weighted by Gasteiger charge is -1.98. The van der Waals surface area contributed by atoms with Crippen LogP contribution in [0.3, 0.4) is 0 Å². The van der Waals surface area contributed by atoms with Gasteiger partial charge in [0.1, 0.15) is 11.6 Å². The minimum Gasteiger partial charge on any atom is -0.455 e. The highest BCUT2D eigenvalue weighted by molar-refractivity contribution is 9.10. The van der Waals surface area contributed by atoms with Crippen LogP contribution in [-0.4, -0.2) is 10.1 Å². The summed E-state index contributed by atoms with van der Waals surface area (Å²) in [5.41, 5.74) is 5.97. The van der Waals surface area contributed by atoms with Crippen LogP contribution >= 0.6 is 15.9 Å². The van der Waals surface area contributed by atoms with E-state index in [1.807, 2.05) is 0 Å². The number of hydrogen-bond acceptors (Lipinski definition) is 5. The maximum Gasteiger partial charge on any atom is 0.293 e. The first kappa shape index (κ1) is 13.0. The van der Waals surface area contributed by atoms with Crippen molar-refractivity contribution >= 4 is 15.9 Å². The molecule has 3 aromatic rings. The fraction of sp³-hybridized carbons (Fsp3) is 0.0769. The zero-order chi connectivity index (χ0) is 14.1. The van der Waals surface area contributed by atoms with E-state index < -0.39 is 0 Å². The quantitative estimate of drug-likeness (QED) is 0.792. The summed E-state index contributed by atoms with van der Waals surface area (Å²) in [4.78, 5) is 4.19. The predicted octanol–water partition coefficient (Wildman–Crippen LogP) is 3.36. The molecular weight excluding hydrogens is 329 g/mol. The van der Waals surface area contributed by atoms with Crippen LogP contribution in [0.15, 0.2) is 43.7 Å². The Morgan fingerprint density at radius 1 is 1.25 bits per heavy atom. The van der Waals surface area contributed by atoms with Crippen molar-refractivity contribution < 1.29 is 13.3 Å². The van der Waals surface area contributed by atoms with E-state index in [0.29, 0.717) is 21.6 Å². The van der Waals surface area contributed by atoms with Crippen molar-refractivity contribution in [2.75, 3.05) is 0 Å². The van der Waals surface area contributed by atoms with Gasteiger partial charge in [0, 0.05) is 10.0 Å². The smallest absolute Gasteiger partial charge is 0.293 e. The number of halogens is 2. The highest BCUT2D eigenvalue weighted by Crippen LogP contribution is 2.29. The summed E-state index contributed by atoms with van der Waals surface area (Å²) in [6, 6.07) is 7.68. The SMILES string of the molecule is NCc1ccc(-c2nc(-c3cc(F)ccc3Br)no2)o1. The summed E-state index contributed by atoms with van der Waals surface area (Å²) < 4.78 is 24.5. The van der Waals surface area contributed by atoms with Gasteiger partial charge >= 0.3 is 0 Å². The molecule has 0 saturated carbocycles. The second kappa shape index (κ2) is 5.18. The lowest BCUT2D eigenvalue weighted by molar-refractivity contribution is 0.412. The molecule has 2 N–H and O–H groups in total. The highest BCUT2D eigenvalue weighted by atomic mass is 79.9. The Balaban J connectivity index is 1.99. The molecule has 0 bridgehead atoms. The van der Waals surface area contributed by atoms with Gasteiger partial charge < -0.3 is 14.7 Å². The monoisotopic (exact) mass is 337 g/mol. The molecule has 0 radical (unpaired) electrons. The Labute approximate surface area is 121 Å². The van der Waals surface area contributed by atoms with Crippen molar-refractivity contribution in [3.63, 3.8) is 0 Å².